The fraction of sp³-hybridized carbons (Fsp3) is 0.364. The van der Waals surface area contributed by atoms with E-state index in [1.807, 2.05) is 0 Å². The van der Waals surface area contributed by atoms with Gasteiger partial charge in [-0.25, -0.2) is 0 Å². The third-order valence-electron chi connectivity index (χ3n) is 4.18. The summed E-state index contributed by atoms with van der Waals surface area (Å²) in [4.78, 5) is 0. The molecule has 2 rings (SSSR count). The van der Waals surface area contributed by atoms with E-state index in [2.05, 4.69) is 92.8 Å². The van der Waals surface area contributed by atoms with Gasteiger partial charge >= 0.3 is 0 Å². The molecule has 0 aromatic heterocycles. The van der Waals surface area contributed by atoms with E-state index in [-0.39, 0.29) is 12.4 Å². The van der Waals surface area contributed by atoms with Crippen molar-refractivity contribution in [2.24, 2.45) is 0 Å². The Kier molecular flexibility index (Phi) is 9.51. The standard InChI is InChI=1S/C22H29NO.ClH/c1-4-24-22(20-11-7-5-8-12-20,21-13-9-6-10-14-21)16-18-23-17-15-19(2)3;/h5-15,23H,4,16-18H2,1-3H3;1H. The molecule has 0 saturated carbocycles. The molecule has 0 unspecified atom stereocenters. The van der Waals surface area contributed by atoms with E-state index in [0.717, 1.165) is 19.5 Å². The van der Waals surface area contributed by atoms with Gasteiger partial charge in [-0.15, -0.1) is 12.4 Å². The van der Waals surface area contributed by atoms with Crippen molar-refractivity contribution in [1.82, 2.24) is 5.32 Å². The Bertz CT molecular complexity index is 581. The van der Waals surface area contributed by atoms with Crippen molar-refractivity contribution < 1.29 is 4.74 Å². The normalized spacial score (nSPS) is 10.8. The number of allylic oxidation sites excluding steroid dienone is 1. The molecule has 0 aliphatic heterocycles. The third-order valence-corrected chi connectivity index (χ3v) is 4.18. The second-order valence-electron chi connectivity index (χ2n) is 6.23. The SMILES string of the molecule is CCOC(CCNCC=C(C)C)(c1ccccc1)c1ccccc1.Cl. The van der Waals surface area contributed by atoms with Crippen LogP contribution in [0.3, 0.4) is 0 Å². The molecule has 136 valence electrons. The van der Waals surface area contributed by atoms with Crippen molar-refractivity contribution in [1.29, 1.82) is 0 Å². The van der Waals surface area contributed by atoms with Crippen LogP contribution in [0.25, 0.3) is 0 Å². The molecule has 0 saturated heterocycles. The molecule has 0 amide bonds. The lowest BCUT2D eigenvalue weighted by Crippen LogP contribution is -2.35. The van der Waals surface area contributed by atoms with Gasteiger partial charge < -0.3 is 10.1 Å². The number of halogens is 1. The lowest BCUT2D eigenvalue weighted by Gasteiger charge is -2.35. The van der Waals surface area contributed by atoms with Crippen LogP contribution in [0.4, 0.5) is 0 Å². The van der Waals surface area contributed by atoms with Gasteiger partial charge in [0.1, 0.15) is 5.60 Å². The molecular weight excluding hydrogens is 330 g/mol. The van der Waals surface area contributed by atoms with E-state index in [9.17, 15) is 0 Å². The summed E-state index contributed by atoms with van der Waals surface area (Å²) in [6, 6.07) is 21.1. The van der Waals surface area contributed by atoms with Gasteiger partial charge in [-0.3, -0.25) is 0 Å². The second-order valence-corrected chi connectivity index (χ2v) is 6.23. The molecule has 0 spiro atoms. The minimum Gasteiger partial charge on any atom is -0.366 e. The maximum atomic E-state index is 6.37. The summed E-state index contributed by atoms with van der Waals surface area (Å²) >= 11 is 0. The first-order valence-electron chi connectivity index (χ1n) is 8.78. The number of rotatable bonds is 9. The highest BCUT2D eigenvalue weighted by atomic mass is 35.5. The van der Waals surface area contributed by atoms with Gasteiger partial charge in [0.05, 0.1) is 0 Å². The van der Waals surface area contributed by atoms with Crippen LogP contribution in [0.2, 0.25) is 0 Å². The van der Waals surface area contributed by atoms with Crippen LogP contribution in [0, 0.1) is 0 Å². The molecule has 2 aromatic rings. The molecule has 1 N–H and O–H groups in total. The quantitative estimate of drug-likeness (QED) is 0.482. The molecule has 0 fully saturated rings. The van der Waals surface area contributed by atoms with E-state index in [1.165, 1.54) is 16.7 Å². The van der Waals surface area contributed by atoms with Gasteiger partial charge in [0.25, 0.3) is 0 Å². The molecular formula is C22H30ClNO. The molecule has 0 atom stereocenters. The lowest BCUT2D eigenvalue weighted by atomic mass is 9.83. The molecule has 2 nitrogen and oxygen atoms in total. The molecule has 0 aliphatic rings. The molecule has 0 aliphatic carbocycles. The highest BCUT2D eigenvalue weighted by Gasteiger charge is 2.34. The first kappa shape index (κ1) is 21.4. The highest BCUT2D eigenvalue weighted by Crippen LogP contribution is 2.36. The molecule has 0 heterocycles. The number of benzene rings is 2. The number of ether oxygens (including phenoxy) is 1. The summed E-state index contributed by atoms with van der Waals surface area (Å²) in [5, 5.41) is 3.51. The number of hydrogen-bond donors (Lipinski definition) is 1. The third kappa shape index (κ3) is 6.00. The van der Waals surface area contributed by atoms with Crippen molar-refractivity contribution in [3.05, 3.63) is 83.4 Å². The van der Waals surface area contributed by atoms with E-state index < -0.39 is 5.60 Å². The predicted molar refractivity (Wildman–Crippen MR) is 109 cm³/mol. The molecule has 25 heavy (non-hydrogen) atoms. The number of hydrogen-bond acceptors (Lipinski definition) is 2. The summed E-state index contributed by atoms with van der Waals surface area (Å²) in [7, 11) is 0. The average molecular weight is 360 g/mol. The topological polar surface area (TPSA) is 21.3 Å². The summed E-state index contributed by atoms with van der Waals surface area (Å²) in [5.74, 6) is 0. The Morgan fingerprint density at radius 3 is 1.92 bits per heavy atom. The van der Waals surface area contributed by atoms with Gasteiger partial charge in [0.2, 0.25) is 0 Å². The number of nitrogens with one attached hydrogen (secondary N) is 1. The molecule has 2 aromatic carbocycles. The van der Waals surface area contributed by atoms with Crippen LogP contribution in [0.5, 0.6) is 0 Å². The molecule has 3 heteroatoms. The van der Waals surface area contributed by atoms with Crippen molar-refractivity contribution in [2.75, 3.05) is 19.7 Å². The van der Waals surface area contributed by atoms with Crippen LogP contribution in [0.15, 0.2) is 72.3 Å². The van der Waals surface area contributed by atoms with E-state index in [4.69, 9.17) is 4.74 Å². The van der Waals surface area contributed by atoms with Crippen LogP contribution < -0.4 is 5.32 Å². The van der Waals surface area contributed by atoms with Gasteiger partial charge in [-0.1, -0.05) is 72.3 Å². The smallest absolute Gasteiger partial charge is 0.119 e. The maximum absolute atomic E-state index is 6.37. The summed E-state index contributed by atoms with van der Waals surface area (Å²) in [5.41, 5.74) is 3.35. The Morgan fingerprint density at radius 2 is 1.48 bits per heavy atom. The van der Waals surface area contributed by atoms with Gasteiger partial charge in [0.15, 0.2) is 0 Å². The maximum Gasteiger partial charge on any atom is 0.119 e. The zero-order valence-corrected chi connectivity index (χ0v) is 16.3. The Morgan fingerprint density at radius 1 is 0.960 bits per heavy atom. The van der Waals surface area contributed by atoms with Gasteiger partial charge in [-0.05, 0) is 44.9 Å². The first-order chi connectivity index (χ1) is 11.7. The van der Waals surface area contributed by atoms with Crippen molar-refractivity contribution in [3.8, 4) is 0 Å². The Labute approximate surface area is 158 Å². The van der Waals surface area contributed by atoms with Crippen LogP contribution in [0.1, 0.15) is 38.3 Å². The highest BCUT2D eigenvalue weighted by molar-refractivity contribution is 5.85. The summed E-state index contributed by atoms with van der Waals surface area (Å²) in [6.45, 7) is 8.79. The van der Waals surface area contributed by atoms with Crippen molar-refractivity contribution >= 4 is 12.4 Å². The first-order valence-corrected chi connectivity index (χ1v) is 8.78. The Hall–Kier alpha value is -1.61. The minimum atomic E-state index is -0.407. The minimum absolute atomic E-state index is 0. The monoisotopic (exact) mass is 359 g/mol. The summed E-state index contributed by atoms with van der Waals surface area (Å²) < 4.78 is 6.37. The van der Waals surface area contributed by atoms with Gasteiger partial charge in [-0.2, -0.15) is 0 Å². The second kappa shape index (κ2) is 11.1. The van der Waals surface area contributed by atoms with Gasteiger partial charge in [0, 0.05) is 13.2 Å². The predicted octanol–water partition coefficient (Wildman–Crippen LogP) is 5.33. The van der Waals surface area contributed by atoms with Crippen LogP contribution in [-0.2, 0) is 10.3 Å². The van der Waals surface area contributed by atoms with Crippen LogP contribution in [-0.4, -0.2) is 19.7 Å². The van der Waals surface area contributed by atoms with Crippen molar-refractivity contribution in [2.45, 2.75) is 32.8 Å². The van der Waals surface area contributed by atoms with E-state index in [0.29, 0.717) is 6.61 Å². The van der Waals surface area contributed by atoms with E-state index in [1.54, 1.807) is 0 Å². The van der Waals surface area contributed by atoms with Crippen molar-refractivity contribution in [3.63, 3.8) is 0 Å². The fourth-order valence-corrected chi connectivity index (χ4v) is 3.00. The fourth-order valence-electron chi connectivity index (χ4n) is 3.00. The average Bonchev–Trinajstić information content (AvgIpc) is 2.62. The summed E-state index contributed by atoms with van der Waals surface area (Å²) in [6.07, 6.45) is 3.11. The zero-order valence-electron chi connectivity index (χ0n) is 15.5. The largest absolute Gasteiger partial charge is 0.366 e. The Balaban J connectivity index is 0.00000312. The van der Waals surface area contributed by atoms with Crippen LogP contribution >= 0.6 is 12.4 Å². The molecule has 0 bridgehead atoms. The molecule has 0 radical (unpaired) electrons. The zero-order chi connectivity index (χ0) is 17.3. The lowest BCUT2D eigenvalue weighted by molar-refractivity contribution is -0.0171. The van der Waals surface area contributed by atoms with E-state index >= 15 is 0 Å².